The quantitative estimate of drug-likeness (QED) is 0.447. The molecule has 0 saturated heterocycles. The number of phenolic OH excluding ortho intramolecular Hbond substituents is 1. The van der Waals surface area contributed by atoms with Crippen molar-refractivity contribution in [3.63, 3.8) is 0 Å². The number of aromatic nitrogens is 2. The second-order valence-electron chi connectivity index (χ2n) is 6.52. The van der Waals surface area contributed by atoms with E-state index in [0.717, 1.165) is 22.1 Å². The minimum absolute atomic E-state index is 0.0177. The van der Waals surface area contributed by atoms with Crippen LogP contribution in [0.2, 0.25) is 0 Å². The van der Waals surface area contributed by atoms with E-state index in [1.807, 2.05) is 23.8 Å². The van der Waals surface area contributed by atoms with E-state index in [1.54, 1.807) is 30.5 Å². The molecule has 0 radical (unpaired) electrons. The standard InChI is InChI=1S/C21H22N2O5S/c1-13-10-16(14(2)23(13)21-22-8-9-29-21)18(25)12-28-20(26)7-5-15-4-6-19(27-3)17(24)11-15/h4,6,8-11,24H,5,7,12H2,1-3H3. The largest absolute Gasteiger partial charge is 0.504 e. The Kier molecular flexibility index (Phi) is 6.33. The molecule has 1 N–H and O–H groups in total. The molecule has 0 amide bonds. The van der Waals surface area contributed by atoms with E-state index < -0.39 is 5.97 Å². The molecule has 0 aliphatic carbocycles. The molecular weight excluding hydrogens is 392 g/mol. The minimum atomic E-state index is -0.470. The summed E-state index contributed by atoms with van der Waals surface area (Å²) >= 11 is 1.48. The summed E-state index contributed by atoms with van der Waals surface area (Å²) in [5, 5.41) is 12.5. The summed E-state index contributed by atoms with van der Waals surface area (Å²) in [5.74, 6) is -0.333. The van der Waals surface area contributed by atoms with Gasteiger partial charge in [-0.3, -0.25) is 14.2 Å². The molecule has 0 saturated carbocycles. The van der Waals surface area contributed by atoms with Crippen LogP contribution in [0.5, 0.6) is 11.5 Å². The van der Waals surface area contributed by atoms with Crippen molar-refractivity contribution in [2.45, 2.75) is 26.7 Å². The fraction of sp³-hybridized carbons (Fsp3) is 0.286. The van der Waals surface area contributed by atoms with Crippen molar-refractivity contribution in [3.8, 4) is 16.6 Å². The van der Waals surface area contributed by atoms with E-state index >= 15 is 0 Å². The van der Waals surface area contributed by atoms with Gasteiger partial charge in [-0.2, -0.15) is 0 Å². The minimum Gasteiger partial charge on any atom is -0.504 e. The third kappa shape index (κ3) is 4.65. The summed E-state index contributed by atoms with van der Waals surface area (Å²) in [6.07, 6.45) is 2.21. The molecule has 8 heteroatoms. The third-order valence-electron chi connectivity index (χ3n) is 4.57. The Bertz CT molecular complexity index is 1020. The Hall–Kier alpha value is -3.13. The summed E-state index contributed by atoms with van der Waals surface area (Å²) in [5.41, 5.74) is 2.96. The second kappa shape index (κ2) is 8.91. The summed E-state index contributed by atoms with van der Waals surface area (Å²) in [6.45, 7) is 3.44. The molecule has 1 aromatic carbocycles. The number of methoxy groups -OCH3 is 1. The van der Waals surface area contributed by atoms with Crippen LogP contribution in [0, 0.1) is 13.8 Å². The molecule has 7 nitrogen and oxygen atoms in total. The number of hydrogen-bond acceptors (Lipinski definition) is 7. The topological polar surface area (TPSA) is 90.7 Å². The lowest BCUT2D eigenvalue weighted by molar-refractivity contribution is -0.142. The number of phenols is 1. The van der Waals surface area contributed by atoms with E-state index in [1.165, 1.54) is 18.4 Å². The Labute approximate surface area is 172 Å². The maximum atomic E-state index is 12.5. The molecule has 0 unspecified atom stereocenters. The molecule has 152 valence electrons. The number of nitrogens with zero attached hydrogens (tertiary/aromatic N) is 2. The molecule has 2 heterocycles. The molecule has 0 spiro atoms. The highest BCUT2D eigenvalue weighted by molar-refractivity contribution is 7.12. The zero-order valence-corrected chi connectivity index (χ0v) is 17.3. The van der Waals surface area contributed by atoms with Crippen molar-refractivity contribution in [2.75, 3.05) is 13.7 Å². The van der Waals surface area contributed by atoms with Gasteiger partial charge in [0.25, 0.3) is 0 Å². The number of hydrogen-bond donors (Lipinski definition) is 1. The van der Waals surface area contributed by atoms with Crippen molar-refractivity contribution in [3.05, 3.63) is 58.4 Å². The summed E-state index contributed by atoms with van der Waals surface area (Å²) in [6, 6.07) is 6.74. The molecule has 2 aromatic heterocycles. The monoisotopic (exact) mass is 414 g/mol. The van der Waals surface area contributed by atoms with Crippen molar-refractivity contribution in [2.24, 2.45) is 0 Å². The van der Waals surface area contributed by atoms with Crippen LogP contribution in [0.3, 0.4) is 0 Å². The first-order valence-electron chi connectivity index (χ1n) is 9.04. The average molecular weight is 414 g/mol. The first-order valence-corrected chi connectivity index (χ1v) is 9.92. The van der Waals surface area contributed by atoms with E-state index in [9.17, 15) is 14.7 Å². The van der Waals surface area contributed by atoms with Gasteiger partial charge in [0.15, 0.2) is 23.2 Å². The molecule has 0 bridgehead atoms. The highest BCUT2D eigenvalue weighted by atomic mass is 32.1. The third-order valence-corrected chi connectivity index (χ3v) is 5.32. The zero-order valence-electron chi connectivity index (χ0n) is 16.5. The van der Waals surface area contributed by atoms with Gasteiger partial charge in [0.2, 0.25) is 5.78 Å². The molecule has 3 rings (SSSR count). The number of thiazole rings is 1. The van der Waals surface area contributed by atoms with Crippen molar-refractivity contribution in [1.82, 2.24) is 9.55 Å². The molecule has 0 atom stereocenters. The van der Waals surface area contributed by atoms with Gasteiger partial charge >= 0.3 is 5.97 Å². The van der Waals surface area contributed by atoms with Crippen LogP contribution in [0.25, 0.3) is 5.13 Å². The Morgan fingerprint density at radius 2 is 2.03 bits per heavy atom. The predicted octanol–water partition coefficient (Wildman–Crippen LogP) is 3.62. The van der Waals surface area contributed by atoms with E-state index in [2.05, 4.69) is 4.98 Å². The molecular formula is C21H22N2O5S. The second-order valence-corrected chi connectivity index (χ2v) is 7.40. The van der Waals surface area contributed by atoms with Crippen LogP contribution < -0.4 is 4.74 Å². The van der Waals surface area contributed by atoms with E-state index in [4.69, 9.17) is 9.47 Å². The lowest BCUT2D eigenvalue weighted by Crippen LogP contribution is -2.15. The number of rotatable bonds is 8. The molecule has 0 aliphatic rings. The van der Waals surface area contributed by atoms with Crippen LogP contribution in [0.1, 0.15) is 33.7 Å². The smallest absolute Gasteiger partial charge is 0.306 e. The predicted molar refractivity (Wildman–Crippen MR) is 109 cm³/mol. The zero-order chi connectivity index (χ0) is 21.0. The fourth-order valence-electron chi connectivity index (χ4n) is 3.10. The van der Waals surface area contributed by atoms with Gasteiger partial charge in [0.05, 0.1) is 7.11 Å². The number of aryl methyl sites for hydroxylation is 2. The first kappa shape index (κ1) is 20.6. The van der Waals surface area contributed by atoms with Crippen molar-refractivity contribution >= 4 is 23.1 Å². The van der Waals surface area contributed by atoms with Gasteiger partial charge in [0, 0.05) is 34.9 Å². The van der Waals surface area contributed by atoms with Crippen LogP contribution in [-0.2, 0) is 16.0 Å². The normalized spacial score (nSPS) is 10.7. The molecule has 3 aromatic rings. The van der Waals surface area contributed by atoms with Gasteiger partial charge < -0.3 is 14.6 Å². The highest BCUT2D eigenvalue weighted by Gasteiger charge is 2.19. The number of esters is 1. The maximum Gasteiger partial charge on any atom is 0.306 e. The van der Waals surface area contributed by atoms with Crippen LogP contribution in [-0.4, -0.2) is 40.1 Å². The first-order chi connectivity index (χ1) is 13.9. The van der Waals surface area contributed by atoms with Gasteiger partial charge in [-0.25, -0.2) is 4.98 Å². The van der Waals surface area contributed by atoms with Gasteiger partial charge in [0.1, 0.15) is 0 Å². The number of Topliss-reactive ketones (excluding diaryl/α,β-unsaturated/α-hetero) is 1. The Morgan fingerprint density at radius 3 is 2.69 bits per heavy atom. The molecule has 0 aliphatic heterocycles. The van der Waals surface area contributed by atoms with Crippen LogP contribution in [0.4, 0.5) is 0 Å². The number of ketones is 1. The number of ether oxygens (including phenoxy) is 2. The fourth-order valence-corrected chi connectivity index (χ4v) is 3.85. The van der Waals surface area contributed by atoms with Crippen molar-refractivity contribution in [1.29, 1.82) is 0 Å². The lowest BCUT2D eigenvalue weighted by Gasteiger charge is -2.07. The summed E-state index contributed by atoms with van der Waals surface area (Å²) in [4.78, 5) is 28.9. The number of carbonyl (C=O) groups excluding carboxylic acids is 2. The maximum absolute atomic E-state index is 12.5. The number of benzene rings is 1. The van der Waals surface area contributed by atoms with Gasteiger partial charge in [-0.1, -0.05) is 6.07 Å². The van der Waals surface area contributed by atoms with Crippen LogP contribution in [0.15, 0.2) is 35.8 Å². The molecule has 0 fully saturated rings. The number of aromatic hydroxyl groups is 1. The Balaban J connectivity index is 1.56. The summed E-state index contributed by atoms with van der Waals surface area (Å²) in [7, 11) is 1.47. The SMILES string of the molecule is COc1ccc(CCC(=O)OCC(=O)c2cc(C)n(-c3nccs3)c2C)cc1O. The Morgan fingerprint density at radius 1 is 1.24 bits per heavy atom. The summed E-state index contributed by atoms with van der Waals surface area (Å²) < 4.78 is 12.1. The van der Waals surface area contributed by atoms with Gasteiger partial charge in [-0.05, 0) is 44.0 Å². The van der Waals surface area contributed by atoms with Crippen LogP contribution >= 0.6 is 11.3 Å². The van der Waals surface area contributed by atoms with Crippen molar-refractivity contribution < 1.29 is 24.2 Å². The van der Waals surface area contributed by atoms with Gasteiger partial charge in [-0.15, -0.1) is 11.3 Å². The average Bonchev–Trinajstić information content (AvgIpc) is 3.32. The van der Waals surface area contributed by atoms with E-state index in [-0.39, 0.29) is 24.6 Å². The lowest BCUT2D eigenvalue weighted by atomic mass is 10.1. The van der Waals surface area contributed by atoms with E-state index in [0.29, 0.717) is 17.7 Å². The highest BCUT2D eigenvalue weighted by Crippen LogP contribution is 2.27. The molecule has 29 heavy (non-hydrogen) atoms. The number of carbonyl (C=O) groups is 2.